The molecule has 0 radical (unpaired) electrons. The number of amides is 4. The zero-order chi connectivity index (χ0) is 91.5. The minimum absolute atomic E-state index is 0.00364. The Morgan fingerprint density at radius 2 is 0.870 bits per heavy atom. The molecule has 3 aromatic carbocycles. The second kappa shape index (κ2) is 43.9. The second-order valence-corrected chi connectivity index (χ2v) is 27.7. The molecule has 4 aliphatic rings. The fraction of sp³-hybridized carbons (Fsp3) is 0.425. The summed E-state index contributed by atoms with van der Waals surface area (Å²) in [6.07, 6.45) is 5.29. The van der Waals surface area contributed by atoms with Gasteiger partial charge in [0, 0.05) is 100 Å². The molecule has 0 spiro atoms. The van der Waals surface area contributed by atoms with Gasteiger partial charge in [-0.25, -0.2) is 45.5 Å². The summed E-state index contributed by atoms with van der Waals surface area (Å²) >= 11 is 0. The first-order valence-electron chi connectivity index (χ1n) is 37.3. The first-order chi connectivity index (χ1) is 58.2. The van der Waals surface area contributed by atoms with E-state index >= 15 is 0 Å². The topological polar surface area (TPSA) is 493 Å². The van der Waals surface area contributed by atoms with Crippen molar-refractivity contribution in [1.29, 1.82) is 0 Å². The number of carbonyl (C=O) groups is 8. The molecular weight excluding hydrogens is 1650 g/mol. The number of nitrogens with two attached hydrogens (primary N) is 1. The van der Waals surface area contributed by atoms with Crippen molar-refractivity contribution in [2.75, 3.05) is 71.1 Å². The number of aromatic carboxylic acids is 1. The summed E-state index contributed by atoms with van der Waals surface area (Å²) in [6, 6.07) is 6.29. The molecule has 668 valence electrons. The Hall–Kier alpha value is -12.4. The maximum atomic E-state index is 14.1. The van der Waals surface area contributed by atoms with Crippen LogP contribution in [0.1, 0.15) is 177 Å². The van der Waals surface area contributed by atoms with Gasteiger partial charge in [0.05, 0.1) is 99.2 Å². The highest BCUT2D eigenvalue weighted by Crippen LogP contribution is 2.39. The van der Waals surface area contributed by atoms with Gasteiger partial charge in [-0.3, -0.25) is 38.4 Å². The number of ether oxygens (including phenoxy) is 11. The largest absolute Gasteiger partial charge is 0.503 e. The second-order valence-electron chi connectivity index (χ2n) is 27.7. The SMILES string of the molecule is COC(=O)c1c(OC)c(=O)c(C(=O)N[C@H](C)c2ccc(F)cc2F)cn1CC(O)O.COC(=O)c1c(OC)c(=O)c(C(=O)N[C@H](C)c2ccc(F)cc2F)cn1CC(OC)OC.COC(=O)c1c(OC)c(=O)c(C(=O)O)cn1CC(OC)OC.C[C@@H](NC(=O)c1cn2c(c(O)c1=O)C(=O)N1[C@@H]3CC[C@@H](C3)O[C@H]1C2)c1ccc(F)cc1F.N[C@@H]1CC[C@H](O)C1. The molecule has 0 unspecified atom stereocenters. The number of halogens is 6. The Morgan fingerprint density at radius 3 is 1.19 bits per heavy atom. The van der Waals surface area contributed by atoms with Crippen LogP contribution >= 0.6 is 0 Å². The summed E-state index contributed by atoms with van der Waals surface area (Å²) in [4.78, 5) is 151. The average Bonchev–Trinajstić information content (AvgIpc) is 1.72. The lowest BCUT2D eigenvalue weighted by atomic mass is 10.1. The van der Waals surface area contributed by atoms with Gasteiger partial charge in [0.1, 0.15) is 57.2 Å². The highest BCUT2D eigenvalue weighted by atomic mass is 19.2. The Balaban J connectivity index is 0.000000221. The van der Waals surface area contributed by atoms with Crippen molar-refractivity contribution in [2.24, 2.45) is 5.73 Å². The zero-order valence-electron chi connectivity index (χ0n) is 68.6. The Morgan fingerprint density at radius 1 is 0.504 bits per heavy atom. The number of esters is 3. The summed E-state index contributed by atoms with van der Waals surface area (Å²) in [5.41, 5.74) is -1.12. The number of methoxy groups -OCH3 is 10. The van der Waals surface area contributed by atoms with Crippen molar-refractivity contribution < 1.29 is 142 Å². The highest BCUT2D eigenvalue weighted by Gasteiger charge is 2.48. The molecule has 2 saturated carbocycles. The van der Waals surface area contributed by atoms with Crippen LogP contribution in [0.4, 0.5) is 26.3 Å². The average molecular weight is 1740 g/mol. The van der Waals surface area contributed by atoms with Gasteiger partial charge in [0.2, 0.25) is 21.7 Å². The van der Waals surface area contributed by atoms with Gasteiger partial charge in [-0.15, -0.1) is 0 Å². The number of nitrogens with one attached hydrogen (secondary N) is 3. The number of carboxylic acid groups (broad SMARTS) is 1. The number of hydrogen-bond acceptors (Lipinski definition) is 28. The fourth-order valence-electron chi connectivity index (χ4n) is 13.6. The van der Waals surface area contributed by atoms with E-state index in [9.17, 15) is 99.2 Å². The minimum atomic E-state index is -1.93. The van der Waals surface area contributed by atoms with Crippen LogP contribution in [0.3, 0.4) is 0 Å². The van der Waals surface area contributed by atoms with Crippen molar-refractivity contribution in [3.8, 4) is 23.0 Å². The Bertz CT molecular complexity index is 5300. The highest BCUT2D eigenvalue weighted by molar-refractivity contribution is 6.00. The molecule has 7 aromatic rings. The van der Waals surface area contributed by atoms with Gasteiger partial charge in [-0.1, -0.05) is 18.2 Å². The molecule has 2 aliphatic carbocycles. The van der Waals surface area contributed by atoms with Crippen LogP contribution in [0.25, 0.3) is 0 Å². The number of nitrogens with zero attached hydrogens (tertiary/aromatic N) is 5. The van der Waals surface area contributed by atoms with Gasteiger partial charge in [0.15, 0.2) is 70.9 Å². The first kappa shape index (κ1) is 97.8. The summed E-state index contributed by atoms with van der Waals surface area (Å²) in [5, 5.41) is 54.4. The lowest BCUT2D eigenvalue weighted by Crippen LogP contribution is -2.57. The van der Waals surface area contributed by atoms with E-state index in [0.29, 0.717) is 18.2 Å². The van der Waals surface area contributed by atoms with Gasteiger partial charge in [-0.05, 0) is 77.5 Å². The molecule has 8 atom stereocenters. The smallest absolute Gasteiger partial charge is 0.358 e. The standard InChI is InChI=1S/C22H21F2N3O5.C21H24F2N2O7.C19H20F2N2O7.C13H17NO8.C5H11NO/c1-10(14-5-2-11(23)6-16(14)24)25-21(30)15-8-26-9-17-27(12-3-4-13(7-12)32-17)22(31)18(26)20(29)19(15)28;1-11(13-7-6-12(22)8-15(13)23)24-20(27)14-9-25(10-16(29-2)30-3)17(21(28)32-5)19(31-4)18(14)26;1-9(11-5-4-10(20)6-13(11)21)22-18(27)12-7-23(8-14(24)25)15(19(28)30-3)17(29-2)16(12)26;1-19-8(20-2)6-14-5-7(12(16)17)10(15)11(21-3)9(14)13(18)22-4;6-4-1-2-5(7)3-4/h2,5-6,8,10,12-13,17,29H,3-4,7,9H2,1H3,(H,25,30);6-9,11,16H,10H2,1-5H3,(H,24,27);4-7,9,14,24-25H,8H2,1-3H3,(H,22,27);5,8H,6H2,1-4H3,(H,16,17);4-5,7H,1-3,6H2/t10-,12-,13+,17+;11-;9-;;4-,5+/m111.1/s1. The van der Waals surface area contributed by atoms with Crippen LogP contribution < -0.4 is 57.6 Å². The molecule has 11 rings (SSSR count). The number of pyridine rings is 4. The molecule has 3 fully saturated rings. The lowest BCUT2D eigenvalue weighted by Gasteiger charge is -2.44. The number of aromatic hydroxyl groups is 1. The van der Waals surface area contributed by atoms with Gasteiger partial charge in [-0.2, -0.15) is 0 Å². The molecule has 2 bridgehead atoms. The van der Waals surface area contributed by atoms with E-state index in [-0.39, 0.29) is 88.8 Å². The van der Waals surface area contributed by atoms with Crippen molar-refractivity contribution >= 4 is 47.5 Å². The fourth-order valence-corrected chi connectivity index (χ4v) is 13.6. The predicted molar refractivity (Wildman–Crippen MR) is 416 cm³/mol. The van der Waals surface area contributed by atoms with Crippen molar-refractivity contribution in [2.45, 2.75) is 153 Å². The molecule has 123 heavy (non-hydrogen) atoms. The summed E-state index contributed by atoms with van der Waals surface area (Å²) in [7, 11) is 12.2. The number of carbonyl (C=O) groups excluding carboxylic acids is 7. The third kappa shape index (κ3) is 23.5. The van der Waals surface area contributed by atoms with E-state index < -0.39 is 194 Å². The number of aromatic nitrogens is 4. The van der Waals surface area contributed by atoms with Crippen LogP contribution in [-0.2, 0) is 64.1 Å². The minimum Gasteiger partial charge on any atom is -0.503 e. The van der Waals surface area contributed by atoms with E-state index in [4.69, 9.17) is 58.6 Å². The van der Waals surface area contributed by atoms with Crippen LogP contribution in [0.2, 0.25) is 0 Å². The maximum absolute atomic E-state index is 14.1. The number of aliphatic hydroxyl groups is 3. The van der Waals surface area contributed by atoms with Crippen molar-refractivity contribution in [3.05, 3.63) is 217 Å². The van der Waals surface area contributed by atoms with Crippen LogP contribution in [-0.4, -0.2) is 217 Å². The van der Waals surface area contributed by atoms with E-state index in [1.165, 1.54) is 81.2 Å². The van der Waals surface area contributed by atoms with E-state index in [0.717, 1.165) is 129 Å². The summed E-state index contributed by atoms with van der Waals surface area (Å²) in [5.74, 6) is -14.4. The zero-order valence-corrected chi connectivity index (χ0v) is 68.6. The molecule has 4 aromatic heterocycles. The van der Waals surface area contributed by atoms with Gasteiger partial charge >= 0.3 is 23.9 Å². The van der Waals surface area contributed by atoms with E-state index in [1.807, 2.05) is 0 Å². The molecule has 10 N–H and O–H groups in total. The normalized spacial score (nSPS) is 16.7. The molecular formula is C80H93F6N9O28. The van der Waals surface area contributed by atoms with Crippen LogP contribution in [0.5, 0.6) is 23.0 Å². The first-order valence-corrected chi connectivity index (χ1v) is 37.3. The van der Waals surface area contributed by atoms with Gasteiger partial charge < -0.3 is 122 Å². The predicted octanol–water partition coefficient (Wildman–Crippen LogP) is 4.63. The van der Waals surface area contributed by atoms with E-state index in [2.05, 4.69) is 25.4 Å². The Kier molecular flexibility index (Phi) is 34.9. The number of carboxylic acids is 1. The third-order valence-electron chi connectivity index (χ3n) is 19.8. The Labute approximate surface area is 696 Å². The molecule has 6 heterocycles. The number of aliphatic hydroxyl groups excluding tert-OH is 2. The molecule has 43 heteroatoms. The van der Waals surface area contributed by atoms with Crippen molar-refractivity contribution in [3.63, 3.8) is 0 Å². The summed E-state index contributed by atoms with van der Waals surface area (Å²) < 4.78 is 141. The monoisotopic (exact) mass is 1740 g/mol. The molecule has 2 aliphatic heterocycles. The number of hydrogen-bond donors (Lipinski definition) is 9. The molecule has 1 saturated heterocycles. The molecule has 37 nitrogen and oxygen atoms in total. The maximum Gasteiger partial charge on any atom is 0.358 e. The van der Waals surface area contributed by atoms with Crippen LogP contribution in [0, 0.1) is 34.9 Å². The van der Waals surface area contributed by atoms with E-state index in [1.54, 1.807) is 4.90 Å². The van der Waals surface area contributed by atoms with Gasteiger partial charge in [0.25, 0.3) is 23.6 Å². The molecule has 4 amide bonds. The van der Waals surface area contributed by atoms with Crippen molar-refractivity contribution in [1.82, 2.24) is 39.1 Å². The summed E-state index contributed by atoms with van der Waals surface area (Å²) in [6.45, 7) is 3.83. The number of rotatable bonds is 26. The number of fused-ring (bicyclic) bond motifs is 5. The lowest BCUT2D eigenvalue weighted by molar-refractivity contribution is -0.132. The third-order valence-corrected chi connectivity index (χ3v) is 19.8. The van der Waals surface area contributed by atoms with Crippen LogP contribution in [0.15, 0.2) is 98.6 Å². The number of benzene rings is 3. The quantitative estimate of drug-likeness (QED) is 0.0154.